The first-order valence-electron chi connectivity index (χ1n) is 8.89. The number of nitrogens with zero attached hydrogens (tertiary/aromatic N) is 2. The van der Waals surface area contributed by atoms with Gasteiger partial charge in [0.25, 0.3) is 0 Å². The number of amides is 2. The number of hydrogen-bond donors (Lipinski definition) is 1. The number of aromatic nitrogens is 1. The molecule has 1 atom stereocenters. The fourth-order valence-corrected chi connectivity index (χ4v) is 4.31. The number of aryl methyl sites for hydroxylation is 1. The third-order valence-corrected chi connectivity index (χ3v) is 5.98. The van der Waals surface area contributed by atoms with Crippen LogP contribution in [0.5, 0.6) is 0 Å². The van der Waals surface area contributed by atoms with Crippen molar-refractivity contribution >= 4 is 40.0 Å². The van der Waals surface area contributed by atoms with Crippen molar-refractivity contribution in [2.45, 2.75) is 30.8 Å². The summed E-state index contributed by atoms with van der Waals surface area (Å²) in [7, 11) is 0. The average molecular weight is 406 g/mol. The quantitative estimate of drug-likeness (QED) is 0.683. The highest BCUT2D eigenvalue weighted by atomic mass is 32.2. The first-order chi connectivity index (χ1) is 13.1. The Morgan fingerprint density at radius 1 is 1.37 bits per heavy atom. The molecular weight excluding hydrogens is 382 g/mol. The third-order valence-electron chi connectivity index (χ3n) is 4.11. The molecule has 0 spiro atoms. The van der Waals surface area contributed by atoms with Crippen molar-refractivity contribution in [2.24, 2.45) is 0 Å². The van der Waals surface area contributed by atoms with E-state index < -0.39 is 0 Å². The van der Waals surface area contributed by atoms with Gasteiger partial charge in [-0.3, -0.25) is 9.59 Å². The summed E-state index contributed by atoms with van der Waals surface area (Å²) in [6.45, 7) is 3.04. The molecule has 144 valence electrons. The smallest absolute Gasteiger partial charge is 0.245 e. The van der Waals surface area contributed by atoms with E-state index in [2.05, 4.69) is 10.3 Å². The molecule has 0 saturated carbocycles. The maximum atomic E-state index is 12.8. The molecule has 8 heteroatoms. The molecular formula is C19H23N3O3S2. The van der Waals surface area contributed by atoms with Gasteiger partial charge >= 0.3 is 0 Å². The van der Waals surface area contributed by atoms with Crippen molar-refractivity contribution in [1.29, 1.82) is 0 Å². The third kappa shape index (κ3) is 6.34. The molecule has 0 aliphatic carbocycles. The summed E-state index contributed by atoms with van der Waals surface area (Å²) in [6, 6.07) is 9.78. The summed E-state index contributed by atoms with van der Waals surface area (Å²) >= 11 is 2.85. The maximum absolute atomic E-state index is 12.8. The van der Waals surface area contributed by atoms with Gasteiger partial charge in [0.2, 0.25) is 11.8 Å². The molecule has 1 unspecified atom stereocenters. The van der Waals surface area contributed by atoms with Crippen molar-refractivity contribution in [3.05, 3.63) is 41.4 Å². The van der Waals surface area contributed by atoms with Crippen LogP contribution in [0.4, 0.5) is 5.13 Å². The molecule has 6 nitrogen and oxygen atoms in total. The minimum Gasteiger partial charge on any atom is -0.376 e. The van der Waals surface area contributed by atoms with Crippen LogP contribution < -0.4 is 5.32 Å². The van der Waals surface area contributed by atoms with Crippen LogP contribution in [0.3, 0.4) is 0 Å². The zero-order valence-electron chi connectivity index (χ0n) is 15.2. The second kappa shape index (κ2) is 9.87. The Kier molecular flexibility index (Phi) is 7.25. The van der Waals surface area contributed by atoms with Crippen LogP contribution in [0.15, 0.2) is 40.6 Å². The summed E-state index contributed by atoms with van der Waals surface area (Å²) < 4.78 is 5.66. The fraction of sp³-hybridized carbons (Fsp3) is 0.421. The van der Waals surface area contributed by atoms with Crippen molar-refractivity contribution in [3.63, 3.8) is 0 Å². The van der Waals surface area contributed by atoms with Gasteiger partial charge in [0.1, 0.15) is 6.54 Å². The first kappa shape index (κ1) is 19.9. The van der Waals surface area contributed by atoms with E-state index in [9.17, 15) is 9.59 Å². The number of carbonyl (C=O) groups excluding carboxylic acids is 2. The Morgan fingerprint density at radius 3 is 2.85 bits per heavy atom. The lowest BCUT2D eigenvalue weighted by atomic mass is 10.2. The zero-order valence-corrected chi connectivity index (χ0v) is 16.9. The number of rotatable bonds is 8. The van der Waals surface area contributed by atoms with Crippen LogP contribution >= 0.6 is 23.1 Å². The monoisotopic (exact) mass is 405 g/mol. The van der Waals surface area contributed by atoms with Gasteiger partial charge in [-0.25, -0.2) is 4.98 Å². The average Bonchev–Trinajstić information content (AvgIpc) is 3.31. The van der Waals surface area contributed by atoms with E-state index in [1.165, 1.54) is 23.1 Å². The van der Waals surface area contributed by atoms with Gasteiger partial charge < -0.3 is 15.0 Å². The van der Waals surface area contributed by atoms with E-state index in [-0.39, 0.29) is 24.5 Å². The minimum absolute atomic E-state index is 0.00517. The van der Waals surface area contributed by atoms with Crippen LogP contribution in [-0.2, 0) is 14.3 Å². The number of thiazole rings is 1. The Hall–Kier alpha value is -1.90. The summed E-state index contributed by atoms with van der Waals surface area (Å²) in [4.78, 5) is 32.0. The highest BCUT2D eigenvalue weighted by Gasteiger charge is 2.24. The molecule has 0 radical (unpaired) electrons. The van der Waals surface area contributed by atoms with Crippen LogP contribution in [-0.4, -0.2) is 53.3 Å². The minimum atomic E-state index is -0.236. The molecule has 1 aliphatic heterocycles. The predicted octanol–water partition coefficient (Wildman–Crippen LogP) is 3.19. The molecule has 3 rings (SSSR count). The largest absolute Gasteiger partial charge is 0.376 e. The molecule has 0 bridgehead atoms. The summed E-state index contributed by atoms with van der Waals surface area (Å²) in [5.74, 6) is -0.00868. The Morgan fingerprint density at radius 2 is 2.19 bits per heavy atom. The van der Waals surface area contributed by atoms with E-state index in [0.29, 0.717) is 17.4 Å². The highest BCUT2D eigenvalue weighted by Crippen LogP contribution is 2.19. The molecule has 1 saturated heterocycles. The second-order valence-electron chi connectivity index (χ2n) is 6.35. The van der Waals surface area contributed by atoms with Crippen molar-refractivity contribution in [3.8, 4) is 0 Å². The lowest BCUT2D eigenvalue weighted by Gasteiger charge is -2.24. The molecule has 2 aromatic rings. The molecule has 1 aromatic heterocycles. The highest BCUT2D eigenvalue weighted by molar-refractivity contribution is 8.00. The zero-order chi connectivity index (χ0) is 19.1. The van der Waals surface area contributed by atoms with Crippen molar-refractivity contribution in [1.82, 2.24) is 9.88 Å². The van der Waals surface area contributed by atoms with Gasteiger partial charge in [-0.15, -0.1) is 23.1 Å². The van der Waals surface area contributed by atoms with Crippen LogP contribution in [0, 0.1) is 6.92 Å². The molecule has 27 heavy (non-hydrogen) atoms. The Bertz CT molecular complexity index is 761. The number of thioether (sulfide) groups is 1. The van der Waals surface area contributed by atoms with Crippen LogP contribution in [0.1, 0.15) is 18.5 Å². The molecule has 1 aromatic carbocycles. The number of benzene rings is 1. The van der Waals surface area contributed by atoms with E-state index in [0.717, 1.165) is 30.0 Å². The number of hydrogen-bond acceptors (Lipinski definition) is 6. The number of carbonyl (C=O) groups is 2. The van der Waals surface area contributed by atoms with E-state index in [1.807, 2.05) is 42.6 Å². The maximum Gasteiger partial charge on any atom is 0.245 e. The number of nitrogens with one attached hydrogen (secondary N) is 1. The molecule has 1 fully saturated rings. The lowest BCUT2D eigenvalue weighted by molar-refractivity contribution is -0.133. The van der Waals surface area contributed by atoms with Crippen molar-refractivity contribution in [2.75, 3.05) is 30.8 Å². The fourth-order valence-electron chi connectivity index (χ4n) is 2.79. The molecule has 2 heterocycles. The lowest BCUT2D eigenvalue weighted by Crippen LogP contribution is -2.43. The summed E-state index contributed by atoms with van der Waals surface area (Å²) in [5.41, 5.74) is 0.863. The van der Waals surface area contributed by atoms with E-state index >= 15 is 0 Å². The molecule has 1 aliphatic rings. The normalized spacial score (nSPS) is 16.3. The molecule has 2 amide bonds. The predicted molar refractivity (Wildman–Crippen MR) is 108 cm³/mol. The summed E-state index contributed by atoms with van der Waals surface area (Å²) in [6.07, 6.45) is 1.92. The number of ether oxygens (including phenoxy) is 1. The van der Waals surface area contributed by atoms with Gasteiger partial charge in [0, 0.05) is 23.4 Å². The van der Waals surface area contributed by atoms with Gasteiger partial charge in [-0.2, -0.15) is 0 Å². The van der Waals surface area contributed by atoms with Gasteiger partial charge in [-0.05, 0) is 31.9 Å². The standard InChI is InChI=1S/C19H23N3O3S2/c1-14-12-27-19(20-14)21-17(23)11-22(10-15-6-5-9-25-15)18(24)13-26-16-7-3-2-4-8-16/h2-4,7-8,12,15H,5-6,9-11,13H2,1H3,(H,20,21,23). The van der Waals surface area contributed by atoms with Crippen LogP contribution in [0.25, 0.3) is 0 Å². The first-order valence-corrected chi connectivity index (χ1v) is 10.8. The Labute approximate surface area is 167 Å². The SMILES string of the molecule is Cc1csc(NC(=O)CN(CC2CCCO2)C(=O)CSc2ccccc2)n1. The Balaban J connectivity index is 1.58. The second-order valence-corrected chi connectivity index (χ2v) is 8.26. The summed E-state index contributed by atoms with van der Waals surface area (Å²) in [5, 5.41) is 5.21. The van der Waals surface area contributed by atoms with E-state index in [1.54, 1.807) is 4.90 Å². The van der Waals surface area contributed by atoms with Crippen LogP contribution in [0.2, 0.25) is 0 Å². The number of anilines is 1. The van der Waals surface area contributed by atoms with Gasteiger partial charge in [0.05, 0.1) is 17.6 Å². The molecule has 1 N–H and O–H groups in total. The van der Waals surface area contributed by atoms with Crippen molar-refractivity contribution < 1.29 is 14.3 Å². The topological polar surface area (TPSA) is 71.5 Å². The van der Waals surface area contributed by atoms with Gasteiger partial charge in [0.15, 0.2) is 5.13 Å². The van der Waals surface area contributed by atoms with E-state index in [4.69, 9.17) is 4.74 Å². The van der Waals surface area contributed by atoms with Gasteiger partial charge in [-0.1, -0.05) is 18.2 Å².